The normalized spacial score (nSPS) is 16.6. The molecule has 1 saturated heterocycles. The van der Waals surface area contributed by atoms with E-state index in [9.17, 15) is 14.7 Å². The van der Waals surface area contributed by atoms with Crippen LogP contribution in [0.1, 0.15) is 34.1 Å². The number of furan rings is 1. The van der Waals surface area contributed by atoms with Crippen LogP contribution in [-0.4, -0.2) is 28.8 Å². The summed E-state index contributed by atoms with van der Waals surface area (Å²) in [6.07, 6.45) is 1.51. The van der Waals surface area contributed by atoms with Gasteiger partial charge < -0.3 is 23.9 Å². The summed E-state index contributed by atoms with van der Waals surface area (Å²) in [4.78, 5) is 27.8. The molecule has 5 rings (SSSR count). The molecule has 7 heteroatoms. The summed E-state index contributed by atoms with van der Waals surface area (Å²) in [5.41, 5.74) is 3.29. The highest BCUT2D eigenvalue weighted by molar-refractivity contribution is 6.46. The zero-order valence-electron chi connectivity index (χ0n) is 21.1. The monoisotopic (exact) mass is 509 g/mol. The number of nitrogens with zero attached hydrogens (tertiary/aromatic N) is 1. The zero-order chi connectivity index (χ0) is 26.6. The van der Waals surface area contributed by atoms with E-state index in [1.807, 2.05) is 25.1 Å². The van der Waals surface area contributed by atoms with Gasteiger partial charge in [-0.15, -0.1) is 0 Å². The van der Waals surface area contributed by atoms with Gasteiger partial charge in [0.2, 0.25) is 0 Å². The number of Topliss-reactive ketones (excluding diaryl/α,β-unsaturated/α-hetero) is 1. The van der Waals surface area contributed by atoms with Gasteiger partial charge >= 0.3 is 0 Å². The molecule has 0 radical (unpaired) electrons. The molecule has 1 aliphatic heterocycles. The summed E-state index contributed by atoms with van der Waals surface area (Å²) >= 11 is 0. The first-order valence-corrected chi connectivity index (χ1v) is 12.2. The van der Waals surface area contributed by atoms with E-state index in [0.717, 1.165) is 11.1 Å². The van der Waals surface area contributed by atoms with Gasteiger partial charge in [0.15, 0.2) is 0 Å². The summed E-state index contributed by atoms with van der Waals surface area (Å²) in [7, 11) is 1.56. The van der Waals surface area contributed by atoms with E-state index in [4.69, 9.17) is 13.9 Å². The Hall–Kier alpha value is -4.78. The fourth-order valence-corrected chi connectivity index (χ4v) is 4.58. The molecule has 0 spiro atoms. The zero-order valence-corrected chi connectivity index (χ0v) is 21.1. The van der Waals surface area contributed by atoms with E-state index < -0.39 is 17.7 Å². The standard InChI is InChI=1S/C31H27NO6/c1-20-5-3-6-21(17-20)19-38-25-14-10-23(11-15-25)29(33)27-28(22-8-12-24(36-2)13-9-22)32(31(35)30(27)34)18-26-7-4-16-37-26/h3-17,28,33H,18-19H2,1-2H3/b29-27+/t28-/m0/s1. The van der Waals surface area contributed by atoms with Gasteiger partial charge in [0.25, 0.3) is 11.7 Å². The van der Waals surface area contributed by atoms with Crippen molar-refractivity contribution in [2.45, 2.75) is 26.1 Å². The Morgan fingerprint density at radius 1 is 0.947 bits per heavy atom. The number of benzene rings is 3. The van der Waals surface area contributed by atoms with Crippen LogP contribution < -0.4 is 9.47 Å². The minimum Gasteiger partial charge on any atom is -0.507 e. The molecule has 0 aliphatic carbocycles. The van der Waals surface area contributed by atoms with E-state index in [2.05, 4.69) is 6.07 Å². The molecular formula is C31H27NO6. The number of ether oxygens (including phenoxy) is 2. The van der Waals surface area contributed by atoms with Crippen LogP contribution >= 0.6 is 0 Å². The minimum atomic E-state index is -0.803. The SMILES string of the molecule is COc1ccc([C@H]2/C(=C(\O)c3ccc(OCc4cccc(C)c4)cc3)C(=O)C(=O)N2Cc2ccco2)cc1. The van der Waals surface area contributed by atoms with Crippen LogP contribution in [0.5, 0.6) is 11.5 Å². The summed E-state index contributed by atoms with van der Waals surface area (Å²) < 4.78 is 16.6. The molecule has 4 aromatic rings. The van der Waals surface area contributed by atoms with Crippen molar-refractivity contribution >= 4 is 17.4 Å². The van der Waals surface area contributed by atoms with Crippen molar-refractivity contribution in [1.29, 1.82) is 0 Å². The van der Waals surface area contributed by atoms with Gasteiger partial charge in [-0.2, -0.15) is 0 Å². The van der Waals surface area contributed by atoms with Crippen LogP contribution in [0.3, 0.4) is 0 Å². The van der Waals surface area contributed by atoms with Gasteiger partial charge in [-0.3, -0.25) is 9.59 Å². The molecule has 1 aliphatic rings. The molecule has 38 heavy (non-hydrogen) atoms. The highest BCUT2D eigenvalue weighted by atomic mass is 16.5. The number of methoxy groups -OCH3 is 1. The predicted octanol–water partition coefficient (Wildman–Crippen LogP) is 5.80. The lowest BCUT2D eigenvalue weighted by Crippen LogP contribution is -2.29. The number of carbonyl (C=O) groups is 2. The van der Waals surface area contributed by atoms with Gasteiger partial charge in [0.1, 0.15) is 29.6 Å². The van der Waals surface area contributed by atoms with Gasteiger partial charge in [-0.1, -0.05) is 42.0 Å². The molecule has 0 unspecified atom stereocenters. The molecule has 1 N–H and O–H groups in total. The van der Waals surface area contributed by atoms with Gasteiger partial charge in [0, 0.05) is 5.56 Å². The van der Waals surface area contributed by atoms with Crippen molar-refractivity contribution in [3.8, 4) is 11.5 Å². The number of carbonyl (C=O) groups excluding carboxylic acids is 2. The Labute approximate surface area is 220 Å². The third-order valence-corrected chi connectivity index (χ3v) is 6.49. The molecule has 3 aromatic carbocycles. The number of ketones is 1. The van der Waals surface area contributed by atoms with Crippen LogP contribution in [0.25, 0.3) is 5.76 Å². The average Bonchev–Trinajstić information content (AvgIpc) is 3.54. The van der Waals surface area contributed by atoms with Crippen molar-refractivity contribution in [1.82, 2.24) is 4.90 Å². The van der Waals surface area contributed by atoms with E-state index in [-0.39, 0.29) is 17.9 Å². The Morgan fingerprint density at radius 3 is 2.34 bits per heavy atom. The number of likely N-dealkylation sites (tertiary alicyclic amines) is 1. The van der Waals surface area contributed by atoms with Gasteiger partial charge in [-0.05, 0) is 66.6 Å². The molecule has 2 heterocycles. The number of aliphatic hydroxyl groups is 1. The third kappa shape index (κ3) is 5.04. The van der Waals surface area contributed by atoms with E-state index in [0.29, 0.717) is 35.0 Å². The number of hydrogen-bond donors (Lipinski definition) is 1. The molecule has 0 bridgehead atoms. The largest absolute Gasteiger partial charge is 0.507 e. The lowest BCUT2D eigenvalue weighted by molar-refractivity contribution is -0.140. The Kier molecular flexibility index (Phi) is 7.00. The first-order chi connectivity index (χ1) is 18.4. The highest BCUT2D eigenvalue weighted by Gasteiger charge is 2.46. The number of aliphatic hydroxyl groups excluding tert-OH is 1. The van der Waals surface area contributed by atoms with Crippen molar-refractivity contribution in [3.63, 3.8) is 0 Å². The molecule has 1 aromatic heterocycles. The maximum Gasteiger partial charge on any atom is 0.296 e. The smallest absolute Gasteiger partial charge is 0.296 e. The molecular weight excluding hydrogens is 482 g/mol. The van der Waals surface area contributed by atoms with E-state index in [1.165, 1.54) is 11.2 Å². The average molecular weight is 510 g/mol. The quantitative estimate of drug-likeness (QED) is 0.184. The number of rotatable bonds is 8. The van der Waals surface area contributed by atoms with Crippen LogP contribution in [-0.2, 0) is 22.7 Å². The molecule has 0 saturated carbocycles. The van der Waals surface area contributed by atoms with Crippen LogP contribution in [0, 0.1) is 6.92 Å². The van der Waals surface area contributed by atoms with E-state index in [1.54, 1.807) is 67.8 Å². The first-order valence-electron chi connectivity index (χ1n) is 12.2. The summed E-state index contributed by atoms with van der Waals surface area (Å²) in [6.45, 7) is 2.51. The van der Waals surface area contributed by atoms with Gasteiger partial charge in [-0.25, -0.2) is 0 Å². The Balaban J connectivity index is 1.46. The molecule has 192 valence electrons. The fourth-order valence-electron chi connectivity index (χ4n) is 4.58. The predicted molar refractivity (Wildman–Crippen MR) is 142 cm³/mol. The second-order valence-electron chi connectivity index (χ2n) is 9.08. The van der Waals surface area contributed by atoms with Crippen molar-refractivity contribution in [2.24, 2.45) is 0 Å². The first kappa shape index (κ1) is 24.9. The molecule has 7 nitrogen and oxygen atoms in total. The van der Waals surface area contributed by atoms with Gasteiger partial charge in [0.05, 0.1) is 31.5 Å². The molecule has 1 amide bonds. The van der Waals surface area contributed by atoms with Crippen molar-refractivity contribution < 1.29 is 28.6 Å². The van der Waals surface area contributed by atoms with E-state index >= 15 is 0 Å². The lowest BCUT2D eigenvalue weighted by atomic mass is 9.95. The van der Waals surface area contributed by atoms with Crippen LogP contribution in [0.2, 0.25) is 0 Å². The second kappa shape index (κ2) is 10.7. The Bertz CT molecular complexity index is 1470. The summed E-state index contributed by atoms with van der Waals surface area (Å²) in [5.74, 6) is 0.0689. The topological polar surface area (TPSA) is 89.2 Å². The van der Waals surface area contributed by atoms with Crippen molar-refractivity contribution in [2.75, 3.05) is 7.11 Å². The maximum atomic E-state index is 13.2. The minimum absolute atomic E-state index is 0.0140. The lowest BCUT2D eigenvalue weighted by Gasteiger charge is -2.24. The summed E-state index contributed by atoms with van der Waals surface area (Å²) in [5, 5.41) is 11.3. The highest BCUT2D eigenvalue weighted by Crippen LogP contribution is 2.40. The third-order valence-electron chi connectivity index (χ3n) is 6.49. The molecule has 1 atom stereocenters. The second-order valence-corrected chi connectivity index (χ2v) is 9.08. The van der Waals surface area contributed by atoms with Crippen LogP contribution in [0.4, 0.5) is 0 Å². The molecule has 1 fully saturated rings. The number of hydrogen-bond acceptors (Lipinski definition) is 6. The number of amides is 1. The maximum absolute atomic E-state index is 13.2. The van der Waals surface area contributed by atoms with Crippen molar-refractivity contribution in [3.05, 3.63) is 125 Å². The Morgan fingerprint density at radius 2 is 1.68 bits per heavy atom. The summed E-state index contributed by atoms with van der Waals surface area (Å²) in [6, 6.07) is 24.6. The van der Waals surface area contributed by atoms with Crippen LogP contribution in [0.15, 0.2) is 101 Å². The fraction of sp³-hybridized carbons (Fsp3) is 0.161. The number of aryl methyl sites for hydroxylation is 1.